The summed E-state index contributed by atoms with van der Waals surface area (Å²) in [5.74, 6) is -2.06. The van der Waals surface area contributed by atoms with Crippen molar-refractivity contribution in [3.63, 3.8) is 0 Å². The monoisotopic (exact) mass is 501 g/mol. The molecule has 0 bridgehead atoms. The number of hydrazone groups is 1. The van der Waals surface area contributed by atoms with E-state index in [1.165, 1.54) is 0 Å². The molecule has 1 aliphatic rings. The van der Waals surface area contributed by atoms with Gasteiger partial charge < -0.3 is 14.8 Å². The number of hydrogen-bond acceptors (Lipinski definition) is 6. The van der Waals surface area contributed by atoms with Crippen LogP contribution in [0.25, 0.3) is 27.9 Å². The largest absolute Gasteiger partial charge is 0.340 e. The summed E-state index contributed by atoms with van der Waals surface area (Å²) in [7, 11) is 1.75. The molecule has 188 valence electrons. The first kappa shape index (κ1) is 24.1. The molecule has 8 nitrogen and oxygen atoms in total. The summed E-state index contributed by atoms with van der Waals surface area (Å²) >= 11 is 0. The maximum absolute atomic E-state index is 13.2. The highest BCUT2D eigenvalue weighted by molar-refractivity contribution is 6.00. The smallest absolute Gasteiger partial charge is 0.282 e. The fourth-order valence-corrected chi connectivity index (χ4v) is 4.25. The van der Waals surface area contributed by atoms with Crippen LogP contribution in [0.2, 0.25) is 0 Å². The van der Waals surface area contributed by atoms with Crippen molar-refractivity contribution in [1.82, 2.24) is 24.9 Å². The zero-order chi connectivity index (χ0) is 26.2. The summed E-state index contributed by atoms with van der Waals surface area (Å²) in [6.45, 7) is 4.28. The van der Waals surface area contributed by atoms with Crippen molar-refractivity contribution in [1.29, 1.82) is 0 Å². The molecule has 0 aliphatic carbocycles. The van der Waals surface area contributed by atoms with Gasteiger partial charge in [-0.25, -0.2) is 18.7 Å². The number of aromatic nitrogens is 3. The number of carbonyl (C=O) groups excluding carboxylic acids is 1. The maximum atomic E-state index is 13.2. The van der Waals surface area contributed by atoms with E-state index in [4.69, 9.17) is 0 Å². The van der Waals surface area contributed by atoms with E-state index in [-0.39, 0.29) is 0 Å². The number of nitrogens with one attached hydrogen (secondary N) is 2. The standard InChI is InChI=1S/C27H25F2N7O/c1-17(14-32-30-2)18-6-8-21(9-7-18)33-24-10-11-31-25(34-24)20-5-4-19-12-23(35(3)22(19)13-20)26(37)36-15-27(28,29)16-36/h4-14,32H,2,15-16H2,1,3H3,(H,31,33,34)/b17-14+. The van der Waals surface area contributed by atoms with E-state index in [1.54, 1.807) is 36.1 Å². The topological polar surface area (TPSA) is 87.4 Å². The molecule has 2 aromatic carbocycles. The van der Waals surface area contributed by atoms with Crippen molar-refractivity contribution in [3.05, 3.63) is 78.3 Å². The SMILES string of the molecule is C=NN/C=C(\C)c1ccc(Nc2ccnc(-c3ccc4cc(C(=O)N5CC(F)(F)C5)n(C)c4c3)n2)cc1. The average Bonchev–Trinajstić information content (AvgIpc) is 3.21. The third-order valence-electron chi connectivity index (χ3n) is 6.29. The van der Waals surface area contributed by atoms with Crippen LogP contribution < -0.4 is 10.7 Å². The van der Waals surface area contributed by atoms with Gasteiger partial charge in [0.1, 0.15) is 11.5 Å². The van der Waals surface area contributed by atoms with E-state index in [0.29, 0.717) is 17.3 Å². The third kappa shape index (κ3) is 4.90. The van der Waals surface area contributed by atoms with Gasteiger partial charge in [0, 0.05) is 48.3 Å². The Kier molecular flexibility index (Phi) is 6.16. The zero-order valence-electron chi connectivity index (χ0n) is 20.4. The lowest BCUT2D eigenvalue weighted by Crippen LogP contribution is -2.58. The normalized spacial score (nSPS) is 14.8. The van der Waals surface area contributed by atoms with Crippen LogP contribution in [-0.2, 0) is 7.05 Å². The van der Waals surface area contributed by atoms with E-state index < -0.39 is 24.9 Å². The molecular weight excluding hydrogens is 476 g/mol. The first-order chi connectivity index (χ1) is 17.7. The molecule has 2 N–H and O–H groups in total. The number of fused-ring (bicyclic) bond motifs is 1. The van der Waals surface area contributed by atoms with Gasteiger partial charge in [0.2, 0.25) is 0 Å². The van der Waals surface area contributed by atoms with Crippen LogP contribution in [0.4, 0.5) is 20.3 Å². The second-order valence-electron chi connectivity index (χ2n) is 8.96. The van der Waals surface area contributed by atoms with Gasteiger partial charge >= 0.3 is 0 Å². The van der Waals surface area contributed by atoms with Gasteiger partial charge in [0.25, 0.3) is 11.8 Å². The Morgan fingerprint density at radius 1 is 1.14 bits per heavy atom. The first-order valence-electron chi connectivity index (χ1n) is 11.6. The quantitative estimate of drug-likeness (QED) is 0.274. The fraction of sp³-hybridized carbons (Fsp3) is 0.185. The zero-order valence-corrected chi connectivity index (χ0v) is 20.4. The minimum absolute atomic E-state index is 0.365. The molecule has 0 saturated carbocycles. The van der Waals surface area contributed by atoms with Crippen molar-refractivity contribution in [3.8, 4) is 11.4 Å². The molecule has 5 rings (SSSR count). The Bertz CT molecular complexity index is 1520. The van der Waals surface area contributed by atoms with Crippen molar-refractivity contribution in [2.45, 2.75) is 12.8 Å². The first-order valence-corrected chi connectivity index (χ1v) is 11.6. The van der Waals surface area contributed by atoms with Crippen LogP contribution in [-0.4, -0.2) is 51.1 Å². The van der Waals surface area contributed by atoms with E-state index in [2.05, 4.69) is 32.5 Å². The number of halogens is 2. The van der Waals surface area contributed by atoms with Gasteiger partial charge in [-0.05, 0) is 48.4 Å². The van der Waals surface area contributed by atoms with E-state index in [9.17, 15) is 13.6 Å². The van der Waals surface area contributed by atoms with Crippen molar-refractivity contribution < 1.29 is 13.6 Å². The molecule has 3 heterocycles. The summed E-state index contributed by atoms with van der Waals surface area (Å²) in [5, 5.41) is 7.73. The lowest BCUT2D eigenvalue weighted by atomic mass is 10.1. The Morgan fingerprint density at radius 2 is 1.89 bits per heavy atom. The number of anilines is 2. The number of nitrogens with zero attached hydrogens (tertiary/aromatic N) is 5. The number of allylic oxidation sites excluding steroid dienone is 1. The van der Waals surface area contributed by atoms with Gasteiger partial charge in [0.15, 0.2) is 5.82 Å². The number of amides is 1. The number of carbonyl (C=O) groups is 1. The van der Waals surface area contributed by atoms with Crippen LogP contribution >= 0.6 is 0 Å². The summed E-state index contributed by atoms with van der Waals surface area (Å²) in [5.41, 5.74) is 7.58. The van der Waals surface area contributed by atoms with Crippen LogP contribution in [0, 0.1) is 0 Å². The predicted octanol–water partition coefficient (Wildman–Crippen LogP) is 5.04. The second-order valence-corrected chi connectivity index (χ2v) is 8.96. The van der Waals surface area contributed by atoms with Gasteiger partial charge in [-0.1, -0.05) is 24.3 Å². The molecular formula is C27H25F2N7O. The van der Waals surface area contributed by atoms with E-state index in [1.807, 2.05) is 49.4 Å². The number of benzene rings is 2. The molecule has 10 heteroatoms. The number of rotatable bonds is 7. The van der Waals surface area contributed by atoms with Crippen molar-refractivity contribution in [2.75, 3.05) is 18.4 Å². The third-order valence-corrected chi connectivity index (χ3v) is 6.29. The molecule has 0 radical (unpaired) electrons. The van der Waals surface area contributed by atoms with Gasteiger partial charge in [-0.15, -0.1) is 0 Å². The number of likely N-dealkylation sites (tertiary alicyclic amines) is 1. The number of alkyl halides is 2. The second kappa shape index (κ2) is 9.45. The van der Waals surface area contributed by atoms with E-state index >= 15 is 0 Å². The maximum Gasteiger partial charge on any atom is 0.282 e. The molecule has 2 aromatic heterocycles. The van der Waals surface area contributed by atoms with Gasteiger partial charge in [-0.2, -0.15) is 5.10 Å². The Morgan fingerprint density at radius 3 is 2.59 bits per heavy atom. The van der Waals surface area contributed by atoms with Crippen molar-refractivity contribution >= 4 is 40.6 Å². The fourth-order valence-electron chi connectivity index (χ4n) is 4.25. The molecule has 0 atom stereocenters. The lowest BCUT2D eigenvalue weighted by molar-refractivity contribution is -0.113. The average molecular weight is 502 g/mol. The minimum Gasteiger partial charge on any atom is -0.340 e. The van der Waals surface area contributed by atoms with Crippen LogP contribution in [0.1, 0.15) is 23.0 Å². The molecule has 0 spiro atoms. The highest BCUT2D eigenvalue weighted by Crippen LogP contribution is 2.31. The predicted molar refractivity (Wildman–Crippen MR) is 141 cm³/mol. The Balaban J connectivity index is 1.36. The molecule has 1 fully saturated rings. The Labute approximate surface area is 212 Å². The van der Waals surface area contributed by atoms with Gasteiger partial charge in [-0.3, -0.25) is 10.2 Å². The summed E-state index contributed by atoms with van der Waals surface area (Å²) in [4.78, 5) is 22.9. The molecule has 1 aliphatic heterocycles. The number of aryl methyl sites for hydroxylation is 1. The summed E-state index contributed by atoms with van der Waals surface area (Å²) < 4.78 is 28.2. The minimum atomic E-state index is -2.80. The highest BCUT2D eigenvalue weighted by Gasteiger charge is 2.46. The molecule has 0 unspecified atom stereocenters. The summed E-state index contributed by atoms with van der Waals surface area (Å²) in [6.07, 6.45) is 3.45. The molecule has 1 amide bonds. The van der Waals surface area contributed by atoms with Crippen LogP contribution in [0.15, 0.2) is 72.1 Å². The highest BCUT2D eigenvalue weighted by atomic mass is 19.3. The lowest BCUT2D eigenvalue weighted by Gasteiger charge is -2.38. The Hall–Kier alpha value is -4.60. The van der Waals surface area contributed by atoms with Crippen molar-refractivity contribution in [2.24, 2.45) is 12.1 Å². The molecule has 37 heavy (non-hydrogen) atoms. The number of hydrogen-bond donors (Lipinski definition) is 2. The summed E-state index contributed by atoms with van der Waals surface area (Å²) in [6, 6.07) is 17.0. The van der Waals surface area contributed by atoms with Crippen LogP contribution in [0.3, 0.4) is 0 Å². The van der Waals surface area contributed by atoms with E-state index in [0.717, 1.165) is 38.2 Å². The molecule has 4 aromatic rings. The van der Waals surface area contributed by atoms with Gasteiger partial charge in [0.05, 0.1) is 13.1 Å². The molecule has 1 saturated heterocycles. The van der Waals surface area contributed by atoms with Crippen LogP contribution in [0.5, 0.6) is 0 Å².